The lowest BCUT2D eigenvalue weighted by Crippen LogP contribution is -2.64. The number of rotatable bonds is 10. The van der Waals surface area contributed by atoms with Gasteiger partial charge in [-0.2, -0.15) is 9.97 Å². The highest BCUT2D eigenvalue weighted by molar-refractivity contribution is 5.70. The van der Waals surface area contributed by atoms with E-state index in [1.807, 2.05) is 30.3 Å². The highest BCUT2D eigenvalue weighted by Gasteiger charge is 2.50. The summed E-state index contributed by atoms with van der Waals surface area (Å²) in [5, 5.41) is 14.6. The number of nitrogens with one attached hydrogen (secondary N) is 1. The summed E-state index contributed by atoms with van der Waals surface area (Å²) in [6, 6.07) is 8.71. The minimum atomic E-state index is -1.06. The molecule has 0 saturated carbocycles. The van der Waals surface area contributed by atoms with Crippen LogP contribution in [0.5, 0.6) is 5.88 Å². The molecule has 11 nitrogen and oxygen atoms in total. The summed E-state index contributed by atoms with van der Waals surface area (Å²) in [5.74, 6) is 0.254. The summed E-state index contributed by atoms with van der Waals surface area (Å²) in [4.78, 5) is 8.23. The van der Waals surface area contributed by atoms with E-state index in [4.69, 9.17) is 35.2 Å². The number of aromatic nitrogens is 2. The lowest BCUT2D eigenvalue weighted by Gasteiger charge is -2.48. The van der Waals surface area contributed by atoms with Gasteiger partial charge in [-0.1, -0.05) is 49.8 Å². The molecule has 2 aromatic rings. The molecule has 0 bridgehead atoms. The quantitative estimate of drug-likeness (QED) is 0.287. The van der Waals surface area contributed by atoms with E-state index in [9.17, 15) is 5.11 Å². The van der Waals surface area contributed by atoms with Crippen LogP contribution in [0.3, 0.4) is 0 Å². The Labute approximate surface area is 204 Å². The second-order valence-corrected chi connectivity index (χ2v) is 8.35. The standard InChI is InChI=1S/C24H33N5O6/c1-3-5-12-31-21-17(20(25)28-24(26)29-21)27-16-18(30)19-15(34-23(16)32-11-4-2)13-33-22(35-19)14-9-7-6-8-10-14/h4,6-10,15-16,18-19,22-23,27,30H,2-3,5,11-13H2,1H3,(H4,25,26,28,29)/t15-,16+,18+,19+,22?,23-/m1/s1. The number of nitrogens with two attached hydrogens (primary N) is 2. The van der Waals surface area contributed by atoms with E-state index in [1.54, 1.807) is 6.08 Å². The lowest BCUT2D eigenvalue weighted by atomic mass is 9.95. The number of ether oxygens (including phenoxy) is 5. The van der Waals surface area contributed by atoms with Crippen LogP contribution in [-0.4, -0.2) is 65.5 Å². The molecular weight excluding hydrogens is 454 g/mol. The summed E-state index contributed by atoms with van der Waals surface area (Å²) in [5.41, 5.74) is 13.1. The van der Waals surface area contributed by atoms with Gasteiger partial charge in [0.05, 0.1) is 19.8 Å². The third-order valence-corrected chi connectivity index (χ3v) is 5.78. The van der Waals surface area contributed by atoms with Crippen molar-refractivity contribution in [3.8, 4) is 5.88 Å². The first-order chi connectivity index (χ1) is 17.0. The van der Waals surface area contributed by atoms with Gasteiger partial charge in [-0.3, -0.25) is 0 Å². The van der Waals surface area contributed by atoms with Crippen LogP contribution in [0.25, 0.3) is 0 Å². The van der Waals surface area contributed by atoms with E-state index >= 15 is 0 Å². The fourth-order valence-corrected chi connectivity index (χ4v) is 4.02. The zero-order valence-electron chi connectivity index (χ0n) is 19.7. The maximum Gasteiger partial charge on any atom is 0.244 e. The number of anilines is 3. The predicted octanol–water partition coefficient (Wildman–Crippen LogP) is 2.00. The maximum absolute atomic E-state index is 11.4. The van der Waals surface area contributed by atoms with Crippen LogP contribution in [0, 0.1) is 0 Å². The molecule has 2 saturated heterocycles. The van der Waals surface area contributed by atoms with Crippen LogP contribution < -0.4 is 21.5 Å². The van der Waals surface area contributed by atoms with Crippen molar-refractivity contribution in [1.29, 1.82) is 0 Å². The van der Waals surface area contributed by atoms with E-state index in [-0.39, 0.29) is 30.9 Å². The predicted molar refractivity (Wildman–Crippen MR) is 129 cm³/mol. The molecule has 2 aliphatic heterocycles. The molecule has 0 radical (unpaired) electrons. The number of hydrogen-bond acceptors (Lipinski definition) is 11. The van der Waals surface area contributed by atoms with Gasteiger partial charge in [-0.15, -0.1) is 6.58 Å². The Morgan fingerprint density at radius 1 is 1.23 bits per heavy atom. The monoisotopic (exact) mass is 487 g/mol. The maximum atomic E-state index is 11.4. The zero-order valence-corrected chi connectivity index (χ0v) is 19.7. The fourth-order valence-electron chi connectivity index (χ4n) is 4.02. The van der Waals surface area contributed by atoms with Crippen molar-refractivity contribution in [3.05, 3.63) is 48.6 Å². The fraction of sp³-hybridized carbons (Fsp3) is 0.500. The average Bonchev–Trinajstić information content (AvgIpc) is 2.86. The number of aliphatic hydroxyl groups is 1. The third-order valence-electron chi connectivity index (χ3n) is 5.78. The number of hydrogen-bond donors (Lipinski definition) is 4. The molecule has 1 aromatic carbocycles. The van der Waals surface area contributed by atoms with Crippen molar-refractivity contribution < 1.29 is 28.8 Å². The Bertz CT molecular complexity index is 980. The Kier molecular flexibility index (Phi) is 8.37. The molecule has 2 fully saturated rings. The highest BCUT2D eigenvalue weighted by atomic mass is 16.7. The van der Waals surface area contributed by atoms with Crippen LogP contribution in [0.15, 0.2) is 43.0 Å². The molecule has 6 atom stereocenters. The second-order valence-electron chi connectivity index (χ2n) is 8.35. The Balaban J connectivity index is 1.59. The van der Waals surface area contributed by atoms with Gasteiger partial charge in [0, 0.05) is 5.56 Å². The molecule has 35 heavy (non-hydrogen) atoms. The average molecular weight is 488 g/mol. The van der Waals surface area contributed by atoms with Gasteiger partial charge in [0.1, 0.15) is 30.0 Å². The molecule has 0 spiro atoms. The molecule has 190 valence electrons. The van der Waals surface area contributed by atoms with Crippen LogP contribution >= 0.6 is 0 Å². The highest BCUT2D eigenvalue weighted by Crippen LogP contribution is 2.37. The second kappa shape index (κ2) is 11.6. The number of aliphatic hydroxyl groups excluding tert-OH is 1. The molecule has 6 N–H and O–H groups in total. The number of benzene rings is 1. The summed E-state index contributed by atoms with van der Waals surface area (Å²) >= 11 is 0. The van der Waals surface area contributed by atoms with Gasteiger partial charge in [0.2, 0.25) is 11.8 Å². The van der Waals surface area contributed by atoms with Gasteiger partial charge >= 0.3 is 0 Å². The molecule has 2 aliphatic rings. The number of unbranched alkanes of at least 4 members (excludes halogenated alkanes) is 1. The van der Waals surface area contributed by atoms with Crippen LogP contribution in [0.2, 0.25) is 0 Å². The van der Waals surface area contributed by atoms with E-state index in [2.05, 4.69) is 28.8 Å². The van der Waals surface area contributed by atoms with Gasteiger partial charge in [0.15, 0.2) is 18.4 Å². The Morgan fingerprint density at radius 2 is 2.03 bits per heavy atom. The lowest BCUT2D eigenvalue weighted by molar-refractivity contribution is -0.339. The van der Waals surface area contributed by atoms with E-state index in [0.29, 0.717) is 12.3 Å². The zero-order chi connectivity index (χ0) is 24.8. The summed E-state index contributed by atoms with van der Waals surface area (Å²) in [6.07, 6.45) is -0.450. The van der Waals surface area contributed by atoms with Gasteiger partial charge < -0.3 is 45.6 Å². The van der Waals surface area contributed by atoms with E-state index in [1.165, 1.54) is 0 Å². The number of nitrogens with zero attached hydrogens (tertiary/aromatic N) is 2. The van der Waals surface area contributed by atoms with Crippen LogP contribution in [0.4, 0.5) is 17.5 Å². The molecule has 0 aliphatic carbocycles. The largest absolute Gasteiger partial charge is 0.476 e. The first kappa shape index (κ1) is 25.1. The summed E-state index contributed by atoms with van der Waals surface area (Å²) < 4.78 is 29.8. The van der Waals surface area contributed by atoms with E-state index in [0.717, 1.165) is 18.4 Å². The number of nitrogen functional groups attached to an aromatic ring is 2. The van der Waals surface area contributed by atoms with Crippen LogP contribution in [0.1, 0.15) is 31.6 Å². The SMILES string of the molecule is C=CCO[C@@H]1O[C@@H]2COC(c3ccccc3)O[C@@H]2[C@@H](O)[C@@H]1Nc1c(N)nc(N)nc1OCCCC. The minimum absolute atomic E-state index is 0.0158. The first-order valence-electron chi connectivity index (χ1n) is 11.7. The van der Waals surface area contributed by atoms with Crippen LogP contribution in [-0.2, 0) is 18.9 Å². The van der Waals surface area contributed by atoms with Crippen molar-refractivity contribution in [3.63, 3.8) is 0 Å². The molecular formula is C24H33N5O6. The minimum Gasteiger partial charge on any atom is -0.476 e. The van der Waals surface area contributed by atoms with Gasteiger partial charge in [-0.25, -0.2) is 0 Å². The molecule has 4 rings (SSSR count). The Hall–Kier alpha value is -2.96. The first-order valence-corrected chi connectivity index (χ1v) is 11.7. The summed E-state index contributed by atoms with van der Waals surface area (Å²) in [7, 11) is 0. The molecule has 0 amide bonds. The van der Waals surface area contributed by atoms with Crippen molar-refractivity contribution >= 4 is 17.5 Å². The molecule has 1 unspecified atom stereocenters. The van der Waals surface area contributed by atoms with Gasteiger partial charge in [0.25, 0.3) is 0 Å². The topological polar surface area (TPSA) is 156 Å². The number of fused-ring (bicyclic) bond motifs is 1. The van der Waals surface area contributed by atoms with Crippen molar-refractivity contribution in [2.24, 2.45) is 0 Å². The normalized spacial score (nSPS) is 28.2. The van der Waals surface area contributed by atoms with Crippen molar-refractivity contribution in [1.82, 2.24) is 9.97 Å². The molecule has 1 aromatic heterocycles. The van der Waals surface area contributed by atoms with E-state index < -0.39 is 36.9 Å². The van der Waals surface area contributed by atoms with Gasteiger partial charge in [-0.05, 0) is 6.42 Å². The van der Waals surface area contributed by atoms with Crippen molar-refractivity contribution in [2.75, 3.05) is 36.6 Å². The summed E-state index contributed by atoms with van der Waals surface area (Å²) in [6.45, 7) is 6.59. The Morgan fingerprint density at radius 3 is 2.77 bits per heavy atom. The van der Waals surface area contributed by atoms with Crippen molar-refractivity contribution in [2.45, 2.75) is 56.7 Å². The smallest absolute Gasteiger partial charge is 0.244 e. The molecule has 3 heterocycles. The third kappa shape index (κ3) is 5.82. The molecule has 11 heteroatoms.